The van der Waals surface area contributed by atoms with Gasteiger partial charge >= 0.3 is 0 Å². The molecule has 4 rings (SSSR count). The highest BCUT2D eigenvalue weighted by Crippen LogP contribution is 2.18. The highest BCUT2D eigenvalue weighted by Gasteiger charge is 2.12. The maximum Gasteiger partial charge on any atom is 0.228 e. The van der Waals surface area contributed by atoms with Gasteiger partial charge in [-0.05, 0) is 28.5 Å². The van der Waals surface area contributed by atoms with Crippen molar-refractivity contribution in [3.05, 3.63) is 66.4 Å². The molecule has 1 aromatic heterocycles. The SMILES string of the molecule is O=C(Cc1ccc2ccccc2c1)Nc1ccc(N2CCOCC2)nc1. The lowest BCUT2D eigenvalue weighted by Crippen LogP contribution is -2.36. The molecule has 0 atom stereocenters. The van der Waals surface area contributed by atoms with Gasteiger partial charge in [0.15, 0.2) is 0 Å². The molecule has 0 radical (unpaired) electrons. The summed E-state index contributed by atoms with van der Waals surface area (Å²) in [7, 11) is 0. The van der Waals surface area contributed by atoms with E-state index in [4.69, 9.17) is 4.74 Å². The molecule has 1 aliphatic rings. The van der Waals surface area contributed by atoms with Crippen LogP contribution in [0.4, 0.5) is 11.5 Å². The van der Waals surface area contributed by atoms with Crippen molar-refractivity contribution in [2.24, 2.45) is 0 Å². The van der Waals surface area contributed by atoms with Gasteiger partial charge in [0.05, 0.1) is 31.5 Å². The van der Waals surface area contributed by atoms with E-state index in [-0.39, 0.29) is 5.91 Å². The molecule has 0 spiro atoms. The van der Waals surface area contributed by atoms with Crippen LogP contribution >= 0.6 is 0 Å². The Hall–Kier alpha value is -2.92. The third kappa shape index (κ3) is 3.83. The van der Waals surface area contributed by atoms with E-state index in [1.54, 1.807) is 6.20 Å². The molecule has 1 saturated heterocycles. The number of pyridine rings is 1. The summed E-state index contributed by atoms with van der Waals surface area (Å²) in [6.45, 7) is 3.15. The number of carbonyl (C=O) groups excluding carboxylic acids is 1. The number of nitrogens with zero attached hydrogens (tertiary/aromatic N) is 2. The minimum Gasteiger partial charge on any atom is -0.378 e. The zero-order chi connectivity index (χ0) is 17.8. The van der Waals surface area contributed by atoms with Crippen molar-refractivity contribution in [3.8, 4) is 0 Å². The van der Waals surface area contributed by atoms with Gasteiger partial charge in [-0.25, -0.2) is 4.98 Å². The van der Waals surface area contributed by atoms with Crippen LogP contribution in [0.15, 0.2) is 60.8 Å². The number of morpholine rings is 1. The van der Waals surface area contributed by atoms with E-state index < -0.39 is 0 Å². The van der Waals surface area contributed by atoms with Crippen molar-refractivity contribution >= 4 is 28.2 Å². The van der Waals surface area contributed by atoms with Gasteiger partial charge in [-0.2, -0.15) is 0 Å². The smallest absolute Gasteiger partial charge is 0.228 e. The largest absolute Gasteiger partial charge is 0.378 e. The van der Waals surface area contributed by atoms with Gasteiger partial charge in [0.1, 0.15) is 5.82 Å². The Morgan fingerprint density at radius 1 is 1.04 bits per heavy atom. The number of aromatic nitrogens is 1. The number of hydrogen-bond acceptors (Lipinski definition) is 4. The highest BCUT2D eigenvalue weighted by atomic mass is 16.5. The minimum absolute atomic E-state index is 0.0406. The van der Waals surface area contributed by atoms with E-state index >= 15 is 0 Å². The summed E-state index contributed by atoms with van der Waals surface area (Å²) in [6.07, 6.45) is 2.05. The Bertz CT molecular complexity index is 903. The Morgan fingerprint density at radius 3 is 2.62 bits per heavy atom. The molecule has 1 fully saturated rings. The first-order valence-corrected chi connectivity index (χ1v) is 8.84. The summed E-state index contributed by atoms with van der Waals surface area (Å²) in [6, 6.07) is 18.1. The first-order chi connectivity index (χ1) is 12.8. The van der Waals surface area contributed by atoms with Gasteiger partial charge in [0, 0.05) is 13.1 Å². The molecule has 26 heavy (non-hydrogen) atoms. The molecule has 0 saturated carbocycles. The predicted molar refractivity (Wildman–Crippen MR) is 104 cm³/mol. The second-order valence-electron chi connectivity index (χ2n) is 6.41. The summed E-state index contributed by atoms with van der Waals surface area (Å²) < 4.78 is 5.35. The van der Waals surface area contributed by atoms with Crippen molar-refractivity contribution < 1.29 is 9.53 Å². The van der Waals surface area contributed by atoms with Gasteiger partial charge in [-0.3, -0.25) is 4.79 Å². The fraction of sp³-hybridized carbons (Fsp3) is 0.238. The zero-order valence-corrected chi connectivity index (χ0v) is 14.5. The van der Waals surface area contributed by atoms with Gasteiger partial charge < -0.3 is 15.0 Å². The normalized spacial score (nSPS) is 14.4. The maximum atomic E-state index is 12.3. The number of rotatable bonds is 4. The third-order valence-electron chi connectivity index (χ3n) is 4.55. The molecular weight excluding hydrogens is 326 g/mol. The lowest BCUT2D eigenvalue weighted by atomic mass is 10.0. The van der Waals surface area contributed by atoms with E-state index in [1.807, 2.05) is 30.3 Å². The van der Waals surface area contributed by atoms with Gasteiger partial charge in [-0.15, -0.1) is 0 Å². The maximum absolute atomic E-state index is 12.3. The molecule has 5 nitrogen and oxygen atoms in total. The van der Waals surface area contributed by atoms with Crippen LogP contribution < -0.4 is 10.2 Å². The average molecular weight is 347 g/mol. The molecule has 3 aromatic rings. The number of benzene rings is 2. The van der Waals surface area contributed by atoms with Gasteiger partial charge in [0.2, 0.25) is 5.91 Å². The van der Waals surface area contributed by atoms with Crippen LogP contribution in [0.25, 0.3) is 10.8 Å². The van der Waals surface area contributed by atoms with Crippen molar-refractivity contribution in [3.63, 3.8) is 0 Å². The summed E-state index contributed by atoms with van der Waals surface area (Å²) in [5.74, 6) is 0.877. The summed E-state index contributed by atoms with van der Waals surface area (Å²) in [4.78, 5) is 19.0. The second-order valence-corrected chi connectivity index (χ2v) is 6.41. The summed E-state index contributed by atoms with van der Waals surface area (Å²) >= 11 is 0. The molecule has 0 bridgehead atoms. The third-order valence-corrected chi connectivity index (χ3v) is 4.55. The van der Waals surface area contributed by atoms with Crippen LogP contribution in [0.1, 0.15) is 5.56 Å². The second kappa shape index (κ2) is 7.54. The van der Waals surface area contributed by atoms with Crippen LogP contribution in [0.3, 0.4) is 0 Å². The standard InChI is InChI=1S/C21H21N3O2/c25-21(14-16-5-6-17-3-1-2-4-18(17)13-16)23-19-7-8-20(22-15-19)24-9-11-26-12-10-24/h1-8,13,15H,9-12,14H2,(H,23,25). The molecule has 1 N–H and O–H groups in total. The number of hydrogen-bond donors (Lipinski definition) is 1. The van der Waals surface area contributed by atoms with Crippen LogP contribution in [0.2, 0.25) is 0 Å². The molecular formula is C21H21N3O2. The molecule has 1 amide bonds. The lowest BCUT2D eigenvalue weighted by molar-refractivity contribution is -0.115. The fourth-order valence-corrected chi connectivity index (χ4v) is 3.18. The highest BCUT2D eigenvalue weighted by molar-refractivity contribution is 5.93. The number of ether oxygens (including phenoxy) is 1. The summed E-state index contributed by atoms with van der Waals surface area (Å²) in [5, 5.41) is 5.25. The number of nitrogens with one attached hydrogen (secondary N) is 1. The molecule has 1 aliphatic heterocycles. The molecule has 2 heterocycles. The first-order valence-electron chi connectivity index (χ1n) is 8.84. The molecule has 0 aliphatic carbocycles. The minimum atomic E-state index is -0.0406. The van der Waals surface area contributed by atoms with Crippen molar-refractivity contribution in [2.45, 2.75) is 6.42 Å². The zero-order valence-electron chi connectivity index (χ0n) is 14.5. The Morgan fingerprint density at radius 2 is 1.85 bits per heavy atom. The Kier molecular flexibility index (Phi) is 4.80. The van der Waals surface area contributed by atoms with E-state index in [0.717, 1.165) is 43.1 Å². The van der Waals surface area contributed by atoms with Gasteiger partial charge in [0.25, 0.3) is 0 Å². The van der Waals surface area contributed by atoms with E-state index in [1.165, 1.54) is 5.39 Å². The van der Waals surface area contributed by atoms with E-state index in [9.17, 15) is 4.79 Å². The summed E-state index contributed by atoms with van der Waals surface area (Å²) in [5.41, 5.74) is 1.71. The Balaban J connectivity index is 1.39. The van der Waals surface area contributed by atoms with E-state index in [2.05, 4.69) is 39.5 Å². The van der Waals surface area contributed by atoms with Crippen molar-refractivity contribution in [2.75, 3.05) is 36.5 Å². The molecule has 0 unspecified atom stereocenters. The molecule has 2 aromatic carbocycles. The topological polar surface area (TPSA) is 54.5 Å². The monoisotopic (exact) mass is 347 g/mol. The van der Waals surface area contributed by atoms with Crippen molar-refractivity contribution in [1.82, 2.24) is 4.98 Å². The number of amides is 1. The lowest BCUT2D eigenvalue weighted by Gasteiger charge is -2.27. The number of carbonyl (C=O) groups is 1. The van der Waals surface area contributed by atoms with Gasteiger partial charge in [-0.1, -0.05) is 42.5 Å². The van der Waals surface area contributed by atoms with Crippen LogP contribution in [0, 0.1) is 0 Å². The van der Waals surface area contributed by atoms with Crippen LogP contribution in [-0.4, -0.2) is 37.2 Å². The number of anilines is 2. The fourth-order valence-electron chi connectivity index (χ4n) is 3.18. The first kappa shape index (κ1) is 16.5. The van der Waals surface area contributed by atoms with E-state index in [0.29, 0.717) is 12.1 Å². The molecule has 132 valence electrons. The van der Waals surface area contributed by atoms with Crippen LogP contribution in [0.5, 0.6) is 0 Å². The number of fused-ring (bicyclic) bond motifs is 1. The predicted octanol–water partition coefficient (Wildman–Crippen LogP) is 3.25. The quantitative estimate of drug-likeness (QED) is 0.787. The van der Waals surface area contributed by atoms with Crippen molar-refractivity contribution in [1.29, 1.82) is 0 Å². The average Bonchev–Trinajstić information content (AvgIpc) is 2.69. The van der Waals surface area contributed by atoms with Crippen LogP contribution in [-0.2, 0) is 16.0 Å². The molecule has 5 heteroatoms. The Labute approximate surface area is 152 Å².